The lowest BCUT2D eigenvalue weighted by Crippen LogP contribution is -2.43. The maximum absolute atomic E-state index is 12.3. The summed E-state index contributed by atoms with van der Waals surface area (Å²) in [4.78, 5) is 39.0. The van der Waals surface area contributed by atoms with Gasteiger partial charge in [0.25, 0.3) is 5.69 Å². The maximum atomic E-state index is 12.3. The molecule has 0 aliphatic heterocycles. The first-order valence-corrected chi connectivity index (χ1v) is 8.70. The SMILES string of the molecule is CC1=CC(CC(C)C)(C(=O)O)C(=Nc2ccc([N+](=O)[O-])cc2C)C(C(=O)O)=C1. The van der Waals surface area contributed by atoms with Crippen LogP contribution in [0.25, 0.3) is 0 Å². The molecule has 8 nitrogen and oxygen atoms in total. The molecule has 0 spiro atoms. The van der Waals surface area contributed by atoms with Crippen molar-refractivity contribution in [3.05, 3.63) is 57.2 Å². The van der Waals surface area contributed by atoms with Crippen LogP contribution >= 0.6 is 0 Å². The fourth-order valence-electron chi connectivity index (χ4n) is 3.41. The van der Waals surface area contributed by atoms with Crippen molar-refractivity contribution in [1.82, 2.24) is 0 Å². The lowest BCUT2D eigenvalue weighted by molar-refractivity contribution is -0.384. The molecule has 148 valence electrons. The Bertz CT molecular complexity index is 942. The molecule has 1 aromatic carbocycles. The van der Waals surface area contributed by atoms with Crippen LogP contribution in [-0.4, -0.2) is 32.8 Å². The zero-order valence-corrected chi connectivity index (χ0v) is 16.1. The summed E-state index contributed by atoms with van der Waals surface area (Å²) in [6, 6.07) is 3.97. The van der Waals surface area contributed by atoms with Crippen LogP contribution in [0.15, 0.2) is 46.5 Å². The van der Waals surface area contributed by atoms with Crippen LogP contribution in [-0.2, 0) is 9.59 Å². The Kier molecular flexibility index (Phi) is 5.82. The lowest BCUT2D eigenvalue weighted by Gasteiger charge is -2.33. The second kappa shape index (κ2) is 7.75. The molecule has 8 heteroatoms. The minimum absolute atomic E-state index is 0.0450. The number of non-ortho nitro benzene ring substituents is 1. The predicted molar refractivity (Wildman–Crippen MR) is 104 cm³/mol. The maximum Gasteiger partial charge on any atom is 0.337 e. The number of carbonyl (C=O) groups is 2. The topological polar surface area (TPSA) is 130 Å². The first-order chi connectivity index (χ1) is 13.0. The number of carboxylic acid groups (broad SMARTS) is 2. The zero-order valence-electron chi connectivity index (χ0n) is 16.1. The molecule has 0 saturated carbocycles. The quantitative estimate of drug-likeness (QED) is 0.560. The molecular formula is C20H22N2O6. The van der Waals surface area contributed by atoms with Crippen molar-refractivity contribution in [3.8, 4) is 0 Å². The Morgan fingerprint density at radius 3 is 2.36 bits per heavy atom. The molecule has 28 heavy (non-hydrogen) atoms. The smallest absolute Gasteiger partial charge is 0.337 e. The second-order valence-electron chi connectivity index (χ2n) is 7.31. The molecule has 2 rings (SSSR count). The first kappa shape index (κ1) is 21.0. The average molecular weight is 386 g/mol. The average Bonchev–Trinajstić information content (AvgIpc) is 2.57. The van der Waals surface area contributed by atoms with E-state index in [4.69, 9.17) is 0 Å². The summed E-state index contributed by atoms with van der Waals surface area (Å²) in [5, 5.41) is 30.7. The fourth-order valence-corrected chi connectivity index (χ4v) is 3.41. The molecule has 2 N–H and O–H groups in total. The van der Waals surface area contributed by atoms with E-state index in [1.54, 1.807) is 13.8 Å². The van der Waals surface area contributed by atoms with E-state index in [9.17, 15) is 29.9 Å². The van der Waals surface area contributed by atoms with Gasteiger partial charge in [0.2, 0.25) is 0 Å². The van der Waals surface area contributed by atoms with Gasteiger partial charge in [-0.15, -0.1) is 0 Å². The molecule has 0 saturated heterocycles. The van der Waals surface area contributed by atoms with E-state index in [-0.39, 0.29) is 35.0 Å². The monoisotopic (exact) mass is 386 g/mol. The van der Waals surface area contributed by atoms with Crippen LogP contribution in [0, 0.1) is 28.4 Å². The van der Waals surface area contributed by atoms with Gasteiger partial charge in [0.15, 0.2) is 0 Å². The highest BCUT2D eigenvalue weighted by atomic mass is 16.6. The molecule has 1 atom stereocenters. The third kappa shape index (κ3) is 4.00. The van der Waals surface area contributed by atoms with Gasteiger partial charge in [-0.3, -0.25) is 19.9 Å². The molecule has 0 radical (unpaired) electrons. The van der Waals surface area contributed by atoms with Crippen LogP contribution in [0.3, 0.4) is 0 Å². The van der Waals surface area contributed by atoms with E-state index in [1.165, 1.54) is 30.4 Å². The van der Waals surface area contributed by atoms with Gasteiger partial charge in [-0.25, -0.2) is 4.79 Å². The number of nitro groups is 1. The number of hydrogen-bond donors (Lipinski definition) is 2. The number of nitrogens with zero attached hydrogens (tertiary/aromatic N) is 2. The molecule has 0 aromatic heterocycles. The number of hydrogen-bond acceptors (Lipinski definition) is 5. The number of rotatable bonds is 6. The molecule has 1 aromatic rings. The Morgan fingerprint density at radius 2 is 1.89 bits per heavy atom. The Morgan fingerprint density at radius 1 is 1.25 bits per heavy atom. The van der Waals surface area contributed by atoms with E-state index in [0.717, 1.165) is 0 Å². The summed E-state index contributed by atoms with van der Waals surface area (Å²) in [5.41, 5.74) is -0.739. The van der Waals surface area contributed by atoms with Gasteiger partial charge < -0.3 is 10.2 Å². The van der Waals surface area contributed by atoms with Crippen LogP contribution in [0.5, 0.6) is 0 Å². The van der Waals surface area contributed by atoms with Gasteiger partial charge in [0, 0.05) is 12.1 Å². The highest BCUT2D eigenvalue weighted by molar-refractivity contribution is 6.29. The van der Waals surface area contributed by atoms with E-state index in [2.05, 4.69) is 4.99 Å². The summed E-state index contributed by atoms with van der Waals surface area (Å²) in [5.74, 6) is -2.51. The van der Waals surface area contributed by atoms with Crippen molar-refractivity contribution in [2.75, 3.05) is 0 Å². The van der Waals surface area contributed by atoms with Crippen LogP contribution in [0.4, 0.5) is 11.4 Å². The fraction of sp³-hybridized carbons (Fsp3) is 0.350. The van der Waals surface area contributed by atoms with Crippen LogP contribution < -0.4 is 0 Å². The highest BCUT2D eigenvalue weighted by Crippen LogP contribution is 2.40. The number of allylic oxidation sites excluding steroid dienone is 2. The second-order valence-corrected chi connectivity index (χ2v) is 7.31. The minimum Gasteiger partial charge on any atom is -0.480 e. The van der Waals surface area contributed by atoms with Crippen LogP contribution in [0.2, 0.25) is 0 Å². The van der Waals surface area contributed by atoms with Crippen molar-refractivity contribution in [2.24, 2.45) is 16.3 Å². The van der Waals surface area contributed by atoms with Crippen molar-refractivity contribution in [1.29, 1.82) is 0 Å². The van der Waals surface area contributed by atoms with Crippen molar-refractivity contribution in [2.45, 2.75) is 34.1 Å². The van der Waals surface area contributed by atoms with Crippen molar-refractivity contribution in [3.63, 3.8) is 0 Å². The van der Waals surface area contributed by atoms with E-state index < -0.39 is 22.3 Å². The molecule has 0 heterocycles. The highest BCUT2D eigenvalue weighted by Gasteiger charge is 2.47. The normalized spacial score (nSPS) is 20.7. The van der Waals surface area contributed by atoms with Gasteiger partial charge in [0.05, 0.1) is 21.9 Å². The van der Waals surface area contributed by atoms with E-state index in [1.807, 2.05) is 13.8 Å². The molecular weight excluding hydrogens is 364 g/mol. The van der Waals surface area contributed by atoms with Crippen LogP contribution in [0.1, 0.15) is 32.8 Å². The van der Waals surface area contributed by atoms with Gasteiger partial charge >= 0.3 is 11.9 Å². The number of nitro benzene ring substituents is 1. The third-order valence-electron chi connectivity index (χ3n) is 4.49. The van der Waals surface area contributed by atoms with Gasteiger partial charge in [-0.2, -0.15) is 0 Å². The summed E-state index contributed by atoms with van der Waals surface area (Å²) < 4.78 is 0. The summed E-state index contributed by atoms with van der Waals surface area (Å²) in [6.07, 6.45) is 3.08. The first-order valence-electron chi connectivity index (χ1n) is 8.70. The molecule has 1 unspecified atom stereocenters. The Hall–Kier alpha value is -3.29. The summed E-state index contributed by atoms with van der Waals surface area (Å²) in [7, 11) is 0. The third-order valence-corrected chi connectivity index (χ3v) is 4.49. The zero-order chi connectivity index (χ0) is 21.2. The number of carboxylic acids is 2. The van der Waals surface area contributed by atoms with Gasteiger partial charge in [0.1, 0.15) is 5.41 Å². The predicted octanol–water partition coefficient (Wildman–Crippen LogP) is 4.06. The lowest BCUT2D eigenvalue weighted by atomic mass is 9.69. The summed E-state index contributed by atoms with van der Waals surface area (Å²) in [6.45, 7) is 6.95. The van der Waals surface area contributed by atoms with Gasteiger partial charge in [-0.05, 0) is 43.9 Å². The van der Waals surface area contributed by atoms with E-state index in [0.29, 0.717) is 11.1 Å². The van der Waals surface area contributed by atoms with E-state index >= 15 is 0 Å². The van der Waals surface area contributed by atoms with Crippen molar-refractivity contribution < 1.29 is 24.7 Å². The molecule has 0 fully saturated rings. The molecule has 1 aliphatic carbocycles. The number of aryl methyl sites for hydroxylation is 1. The molecule has 0 bridgehead atoms. The van der Waals surface area contributed by atoms with Crippen molar-refractivity contribution >= 4 is 29.0 Å². The summed E-state index contributed by atoms with van der Waals surface area (Å²) >= 11 is 0. The molecule has 0 amide bonds. The molecule has 1 aliphatic rings. The van der Waals surface area contributed by atoms with Gasteiger partial charge in [-0.1, -0.05) is 25.5 Å². The number of aliphatic carboxylic acids is 2. The number of aliphatic imine (C=N–C) groups is 1. The standard InChI is InChI=1S/C20H22N2O6/c1-11(2)9-20(19(25)26)10-12(3)7-15(18(23)24)17(20)21-16-6-5-14(22(27)28)8-13(16)4/h5-8,10-11H,9H2,1-4H3,(H,23,24)(H,25,26). The number of benzene rings is 1. The Labute approximate surface area is 162 Å². The Balaban J connectivity index is 2.78. The minimum atomic E-state index is -1.60. The largest absolute Gasteiger partial charge is 0.480 e.